The first-order valence-electron chi connectivity index (χ1n) is 6.88. The van der Waals surface area contributed by atoms with Gasteiger partial charge in [-0.05, 0) is 22.0 Å². The molecule has 0 saturated carbocycles. The summed E-state index contributed by atoms with van der Waals surface area (Å²) in [5.74, 6) is 0. The number of non-ortho nitro benzene ring substituents is 1. The van der Waals surface area contributed by atoms with Gasteiger partial charge in [0.05, 0.1) is 52.7 Å². The molecule has 0 aliphatic heterocycles. The minimum Gasteiger partial charge on any atom is -0.343 e. The number of anilines is 2. The van der Waals surface area contributed by atoms with Crippen LogP contribution in [0.4, 0.5) is 41.6 Å². The number of nitro groups is 3. The SMILES string of the molecule is O=[N+]([O-])c1cc([N+](=O)[O-])c(Nc2cc(C(F)(F)F)c(Cl)c(Br)c2Cl)c([N+](=O)[O-])c1. The molecule has 0 fully saturated rings. The van der Waals surface area contributed by atoms with E-state index in [0.29, 0.717) is 18.2 Å². The zero-order chi connectivity index (χ0) is 22.3. The van der Waals surface area contributed by atoms with Gasteiger partial charge in [0.1, 0.15) is 0 Å². The molecular weight excluding hydrogens is 516 g/mol. The monoisotopic (exact) mass is 518 g/mol. The lowest BCUT2D eigenvalue weighted by Crippen LogP contribution is -2.09. The van der Waals surface area contributed by atoms with Crippen LogP contribution in [0.1, 0.15) is 5.56 Å². The van der Waals surface area contributed by atoms with Crippen LogP contribution in [0.25, 0.3) is 0 Å². The van der Waals surface area contributed by atoms with Gasteiger partial charge in [-0.25, -0.2) is 0 Å². The summed E-state index contributed by atoms with van der Waals surface area (Å²) in [6.45, 7) is 0. The van der Waals surface area contributed by atoms with Crippen molar-refractivity contribution in [3.05, 3.63) is 68.6 Å². The number of alkyl halides is 3. The minimum absolute atomic E-state index is 0.393. The van der Waals surface area contributed by atoms with Gasteiger partial charge in [0, 0.05) is 0 Å². The van der Waals surface area contributed by atoms with Crippen LogP contribution >= 0.6 is 39.1 Å². The first kappa shape index (κ1) is 22.6. The van der Waals surface area contributed by atoms with E-state index in [4.69, 9.17) is 23.2 Å². The largest absolute Gasteiger partial charge is 0.417 e. The van der Waals surface area contributed by atoms with Gasteiger partial charge in [-0.3, -0.25) is 30.3 Å². The van der Waals surface area contributed by atoms with Gasteiger partial charge in [-0.1, -0.05) is 23.2 Å². The Kier molecular flexibility index (Phi) is 6.20. The Morgan fingerprint density at radius 3 is 1.76 bits per heavy atom. The molecule has 0 aliphatic carbocycles. The van der Waals surface area contributed by atoms with Crippen molar-refractivity contribution in [3.8, 4) is 0 Å². The third-order valence-corrected chi connectivity index (χ3v) is 5.43. The lowest BCUT2D eigenvalue weighted by molar-refractivity contribution is -0.401. The number of nitrogens with one attached hydrogen (secondary N) is 1. The van der Waals surface area contributed by atoms with Gasteiger partial charge in [-0.15, -0.1) is 0 Å². The maximum Gasteiger partial charge on any atom is 0.417 e. The molecule has 0 radical (unpaired) electrons. The molecule has 0 aromatic heterocycles. The molecule has 0 heterocycles. The van der Waals surface area contributed by atoms with Gasteiger partial charge in [0.2, 0.25) is 0 Å². The molecule has 16 heteroatoms. The highest BCUT2D eigenvalue weighted by atomic mass is 79.9. The van der Waals surface area contributed by atoms with Crippen LogP contribution in [0, 0.1) is 30.3 Å². The van der Waals surface area contributed by atoms with E-state index in [1.807, 2.05) is 0 Å². The van der Waals surface area contributed by atoms with E-state index in [-0.39, 0.29) is 0 Å². The Morgan fingerprint density at radius 2 is 1.38 bits per heavy atom. The van der Waals surface area contributed by atoms with Gasteiger partial charge in [0.15, 0.2) is 5.69 Å². The van der Waals surface area contributed by atoms with Crippen LogP contribution < -0.4 is 5.32 Å². The van der Waals surface area contributed by atoms with Crippen molar-refractivity contribution in [2.45, 2.75) is 6.18 Å². The van der Waals surface area contributed by atoms with E-state index in [2.05, 4.69) is 21.2 Å². The number of hydrogen-bond acceptors (Lipinski definition) is 7. The molecule has 0 aliphatic rings. The molecule has 2 aromatic carbocycles. The van der Waals surface area contributed by atoms with E-state index in [1.54, 1.807) is 0 Å². The molecule has 1 N–H and O–H groups in total. The van der Waals surface area contributed by atoms with Crippen LogP contribution in [0.3, 0.4) is 0 Å². The maximum absolute atomic E-state index is 13.2. The average Bonchev–Trinajstić information content (AvgIpc) is 2.60. The number of benzene rings is 2. The summed E-state index contributed by atoms with van der Waals surface area (Å²) in [7, 11) is 0. The van der Waals surface area contributed by atoms with Crippen LogP contribution in [-0.4, -0.2) is 14.8 Å². The number of nitro benzene ring substituents is 3. The van der Waals surface area contributed by atoms with E-state index < -0.39 is 69.5 Å². The van der Waals surface area contributed by atoms with Crippen molar-refractivity contribution in [2.24, 2.45) is 0 Å². The van der Waals surface area contributed by atoms with Gasteiger partial charge < -0.3 is 5.32 Å². The Balaban J connectivity index is 2.81. The van der Waals surface area contributed by atoms with Crippen LogP contribution in [0.5, 0.6) is 0 Å². The van der Waals surface area contributed by atoms with Gasteiger partial charge in [-0.2, -0.15) is 13.2 Å². The predicted molar refractivity (Wildman–Crippen MR) is 98.9 cm³/mol. The summed E-state index contributed by atoms with van der Waals surface area (Å²) in [4.78, 5) is 30.0. The fourth-order valence-corrected chi connectivity index (χ4v) is 3.08. The van der Waals surface area contributed by atoms with Gasteiger partial charge in [0.25, 0.3) is 5.69 Å². The fourth-order valence-electron chi connectivity index (χ4n) is 2.15. The van der Waals surface area contributed by atoms with E-state index >= 15 is 0 Å². The normalized spacial score (nSPS) is 11.2. The standard InChI is InChI=1S/C13H4BrCl2F3N4O6/c14-9-10(15)5(13(17,18)19)3-6(11(9)16)20-12-7(22(26)27)1-4(21(24)25)2-8(12)23(28)29/h1-3,20H. The zero-order valence-electron chi connectivity index (χ0n) is 13.3. The molecule has 10 nitrogen and oxygen atoms in total. The molecule has 0 unspecified atom stereocenters. The third kappa shape index (κ3) is 4.49. The molecule has 0 atom stereocenters. The van der Waals surface area contributed by atoms with Gasteiger partial charge >= 0.3 is 17.6 Å². The predicted octanol–water partition coefficient (Wildman–Crippen LogP) is 6.24. The summed E-state index contributed by atoms with van der Waals surface area (Å²) in [6, 6.07) is 1.22. The molecule has 154 valence electrons. The highest BCUT2D eigenvalue weighted by molar-refractivity contribution is 9.10. The lowest BCUT2D eigenvalue weighted by Gasteiger charge is -2.16. The molecular formula is C13H4BrCl2F3N4O6. The van der Waals surface area contributed by atoms with Crippen molar-refractivity contribution in [1.29, 1.82) is 0 Å². The highest BCUT2D eigenvalue weighted by Crippen LogP contribution is 2.47. The third-order valence-electron chi connectivity index (χ3n) is 3.40. The molecule has 0 spiro atoms. The zero-order valence-corrected chi connectivity index (χ0v) is 16.4. The summed E-state index contributed by atoms with van der Waals surface area (Å²) >= 11 is 14.3. The van der Waals surface area contributed by atoms with Crippen molar-refractivity contribution >= 4 is 67.6 Å². The number of rotatable bonds is 5. The molecule has 2 aromatic rings. The smallest absolute Gasteiger partial charge is 0.343 e. The molecule has 0 bridgehead atoms. The summed E-state index contributed by atoms with van der Waals surface area (Å²) in [6.07, 6.45) is -4.95. The Hall–Kier alpha value is -2.71. The Bertz CT molecular complexity index is 1030. The van der Waals surface area contributed by atoms with Crippen LogP contribution in [0.2, 0.25) is 10.0 Å². The molecule has 0 amide bonds. The second kappa shape index (κ2) is 7.96. The number of nitrogens with zero attached hydrogens (tertiary/aromatic N) is 3. The topological polar surface area (TPSA) is 141 Å². The lowest BCUT2D eigenvalue weighted by atomic mass is 10.1. The fraction of sp³-hybridized carbons (Fsp3) is 0.0769. The first-order chi connectivity index (χ1) is 13.3. The summed E-state index contributed by atoms with van der Waals surface area (Å²) in [5.41, 5.74) is -6.12. The summed E-state index contributed by atoms with van der Waals surface area (Å²) in [5, 5.41) is 34.2. The van der Waals surface area contributed by atoms with Crippen LogP contribution in [-0.2, 0) is 6.18 Å². The quantitative estimate of drug-likeness (QED) is 0.279. The van der Waals surface area contributed by atoms with E-state index in [1.165, 1.54) is 0 Å². The number of halogens is 6. The van der Waals surface area contributed by atoms with Crippen LogP contribution in [0.15, 0.2) is 22.7 Å². The van der Waals surface area contributed by atoms with E-state index in [9.17, 15) is 43.5 Å². The van der Waals surface area contributed by atoms with Crippen molar-refractivity contribution < 1.29 is 27.9 Å². The Labute approximate surface area is 175 Å². The highest BCUT2D eigenvalue weighted by Gasteiger charge is 2.37. The van der Waals surface area contributed by atoms with Crippen molar-refractivity contribution in [2.75, 3.05) is 5.32 Å². The van der Waals surface area contributed by atoms with Crippen molar-refractivity contribution in [3.63, 3.8) is 0 Å². The first-order valence-corrected chi connectivity index (χ1v) is 8.43. The molecule has 29 heavy (non-hydrogen) atoms. The molecule has 0 saturated heterocycles. The number of hydrogen-bond donors (Lipinski definition) is 1. The second-order valence-corrected chi connectivity index (χ2v) is 6.72. The second-order valence-electron chi connectivity index (χ2n) is 5.17. The maximum atomic E-state index is 13.2. The summed E-state index contributed by atoms with van der Waals surface area (Å²) < 4.78 is 39.1. The minimum atomic E-state index is -4.95. The molecule has 2 rings (SSSR count). The van der Waals surface area contributed by atoms with Crippen molar-refractivity contribution in [1.82, 2.24) is 0 Å². The Morgan fingerprint density at radius 1 is 0.897 bits per heavy atom. The average molecular weight is 520 g/mol. The van der Waals surface area contributed by atoms with E-state index in [0.717, 1.165) is 0 Å².